The van der Waals surface area contributed by atoms with E-state index in [1.807, 2.05) is 0 Å². The van der Waals surface area contributed by atoms with Crippen molar-refractivity contribution in [2.24, 2.45) is 0 Å². The van der Waals surface area contributed by atoms with Gasteiger partial charge in [0.2, 0.25) is 12.9 Å². The van der Waals surface area contributed by atoms with Gasteiger partial charge >= 0.3 is 18.3 Å². The average Bonchev–Trinajstić information content (AvgIpc) is 2.65. The van der Waals surface area contributed by atoms with Gasteiger partial charge in [-0.1, -0.05) is 23.2 Å². The van der Waals surface area contributed by atoms with E-state index in [0.717, 1.165) is 6.08 Å². The van der Waals surface area contributed by atoms with Crippen molar-refractivity contribution in [3.63, 3.8) is 0 Å². The second-order valence-electron chi connectivity index (χ2n) is 6.16. The molecule has 1 aromatic rings. The van der Waals surface area contributed by atoms with Gasteiger partial charge in [0.15, 0.2) is 0 Å². The summed E-state index contributed by atoms with van der Waals surface area (Å²) in [6.45, 7) is -0.0395. The molecular formula is C17H14Cl2F3NO9. The number of carbonyl (C=O) groups is 2. The average molecular weight is 504 g/mol. The molecule has 1 aromatic carbocycles. The first kappa shape index (κ1) is 25.3. The molecule has 176 valence electrons. The van der Waals surface area contributed by atoms with Crippen LogP contribution in [0.15, 0.2) is 17.7 Å². The van der Waals surface area contributed by atoms with Crippen LogP contribution in [0.3, 0.4) is 0 Å². The molecule has 0 radical (unpaired) electrons. The Morgan fingerprint density at radius 1 is 1.28 bits per heavy atom. The van der Waals surface area contributed by atoms with Crippen molar-refractivity contribution in [1.29, 1.82) is 0 Å². The van der Waals surface area contributed by atoms with Crippen molar-refractivity contribution in [2.75, 3.05) is 13.4 Å². The lowest BCUT2D eigenvalue weighted by atomic mass is 10.0. The molecule has 0 aromatic heterocycles. The first-order valence-electron chi connectivity index (χ1n) is 8.60. The minimum atomic E-state index is -4.99. The number of ether oxygens (including phenoxy) is 4. The van der Waals surface area contributed by atoms with Crippen LogP contribution in [0.2, 0.25) is 10.0 Å². The zero-order valence-electron chi connectivity index (χ0n) is 16.0. The van der Waals surface area contributed by atoms with Crippen LogP contribution in [-0.4, -0.2) is 49.0 Å². The van der Waals surface area contributed by atoms with Crippen molar-refractivity contribution < 1.29 is 51.6 Å². The zero-order chi connectivity index (χ0) is 24.1. The Bertz CT molecular complexity index is 923. The number of hydrogen-bond acceptors (Lipinski definition) is 9. The van der Waals surface area contributed by atoms with E-state index in [0.29, 0.717) is 0 Å². The van der Waals surface area contributed by atoms with Crippen LogP contribution in [0.25, 0.3) is 6.08 Å². The minimum absolute atomic E-state index is 0.0149. The summed E-state index contributed by atoms with van der Waals surface area (Å²) in [5.41, 5.74) is -0.911. The lowest BCUT2D eigenvalue weighted by Gasteiger charge is -2.28. The standard InChI is InChI=1S/C17H14Cl2F3NO9/c1-8(2-3-30-23(26)27)31-16(25)29-7-28-15(24)11-5-9-4-10(18)6-12(19)13(9)32-14(11)17(20,21)22/h4-6,8,14H,2-3,7H2,1H3. The molecule has 0 bridgehead atoms. The van der Waals surface area contributed by atoms with E-state index in [1.165, 1.54) is 19.1 Å². The molecule has 0 saturated carbocycles. The Morgan fingerprint density at radius 3 is 2.59 bits per heavy atom. The lowest BCUT2D eigenvalue weighted by molar-refractivity contribution is -0.758. The second-order valence-corrected chi connectivity index (χ2v) is 7.01. The molecule has 2 rings (SSSR count). The van der Waals surface area contributed by atoms with E-state index < -0.39 is 48.0 Å². The molecule has 0 saturated heterocycles. The summed E-state index contributed by atoms with van der Waals surface area (Å²) in [6.07, 6.45) is -9.04. The second kappa shape index (κ2) is 10.6. The number of alkyl halides is 3. The molecule has 10 nitrogen and oxygen atoms in total. The number of fused-ring (bicyclic) bond motifs is 1. The highest BCUT2D eigenvalue weighted by Gasteiger charge is 2.49. The van der Waals surface area contributed by atoms with Gasteiger partial charge in [-0.3, -0.25) is 0 Å². The molecule has 1 heterocycles. The summed E-state index contributed by atoms with van der Waals surface area (Å²) in [4.78, 5) is 37.8. The minimum Gasteiger partial charge on any atom is -0.474 e. The number of carbonyl (C=O) groups excluding carboxylic acids is 2. The molecule has 0 amide bonds. The maximum atomic E-state index is 13.4. The lowest BCUT2D eigenvalue weighted by Crippen LogP contribution is -2.41. The molecule has 1 aliphatic heterocycles. The highest BCUT2D eigenvalue weighted by Crippen LogP contribution is 2.42. The van der Waals surface area contributed by atoms with Gasteiger partial charge in [-0.15, -0.1) is 10.1 Å². The van der Waals surface area contributed by atoms with E-state index in [1.54, 1.807) is 0 Å². The van der Waals surface area contributed by atoms with Gasteiger partial charge < -0.3 is 23.8 Å². The Kier molecular flexibility index (Phi) is 8.38. The Labute approximate surface area is 187 Å². The van der Waals surface area contributed by atoms with Gasteiger partial charge in [-0.25, -0.2) is 9.59 Å². The quantitative estimate of drug-likeness (QED) is 0.220. The van der Waals surface area contributed by atoms with E-state index in [-0.39, 0.29) is 34.4 Å². The molecule has 32 heavy (non-hydrogen) atoms. The molecule has 2 unspecified atom stereocenters. The van der Waals surface area contributed by atoms with E-state index in [9.17, 15) is 32.9 Å². The molecule has 2 atom stereocenters. The third-order valence-electron chi connectivity index (χ3n) is 3.78. The van der Waals surface area contributed by atoms with Crippen LogP contribution in [0.1, 0.15) is 18.9 Å². The number of esters is 1. The van der Waals surface area contributed by atoms with Crippen LogP contribution < -0.4 is 4.74 Å². The SMILES string of the molecule is CC(CCO[N+](=O)[O-])OC(=O)OCOC(=O)C1=Cc2cc(Cl)cc(Cl)c2OC1C(F)(F)F. The summed E-state index contributed by atoms with van der Waals surface area (Å²) in [5.74, 6) is -1.79. The van der Waals surface area contributed by atoms with Crippen LogP contribution in [0.4, 0.5) is 18.0 Å². The predicted octanol–water partition coefficient (Wildman–Crippen LogP) is 4.34. The van der Waals surface area contributed by atoms with Crippen molar-refractivity contribution in [1.82, 2.24) is 0 Å². The molecule has 0 spiro atoms. The monoisotopic (exact) mass is 503 g/mol. The van der Waals surface area contributed by atoms with Gasteiger partial charge in [0, 0.05) is 17.0 Å². The number of benzene rings is 1. The zero-order valence-corrected chi connectivity index (χ0v) is 17.5. The number of hydrogen-bond donors (Lipinski definition) is 0. The number of halogens is 5. The Hall–Kier alpha value is -2.93. The van der Waals surface area contributed by atoms with Crippen molar-refractivity contribution >= 4 is 41.4 Å². The van der Waals surface area contributed by atoms with Crippen molar-refractivity contribution in [2.45, 2.75) is 31.7 Å². The molecular weight excluding hydrogens is 490 g/mol. The van der Waals surface area contributed by atoms with E-state index >= 15 is 0 Å². The third kappa shape index (κ3) is 7.05. The van der Waals surface area contributed by atoms with Gasteiger partial charge in [-0.05, 0) is 25.1 Å². The largest absolute Gasteiger partial charge is 0.511 e. The number of rotatable bonds is 8. The highest BCUT2D eigenvalue weighted by molar-refractivity contribution is 6.36. The fourth-order valence-corrected chi connectivity index (χ4v) is 2.96. The van der Waals surface area contributed by atoms with Gasteiger partial charge in [-0.2, -0.15) is 13.2 Å². The summed E-state index contributed by atoms with van der Waals surface area (Å²) >= 11 is 11.7. The third-order valence-corrected chi connectivity index (χ3v) is 4.28. The highest BCUT2D eigenvalue weighted by atomic mass is 35.5. The number of nitrogens with zero attached hydrogens (tertiary/aromatic N) is 1. The van der Waals surface area contributed by atoms with Crippen LogP contribution in [0, 0.1) is 10.1 Å². The normalized spacial score (nSPS) is 16.1. The summed E-state index contributed by atoms with van der Waals surface area (Å²) < 4.78 is 58.8. The maximum Gasteiger partial charge on any atom is 0.511 e. The van der Waals surface area contributed by atoms with Gasteiger partial charge in [0.1, 0.15) is 11.9 Å². The molecule has 1 aliphatic rings. The molecule has 0 aliphatic carbocycles. The van der Waals surface area contributed by atoms with E-state index in [2.05, 4.69) is 14.3 Å². The fourth-order valence-electron chi connectivity index (χ4n) is 2.41. The molecule has 15 heteroatoms. The van der Waals surface area contributed by atoms with Crippen molar-refractivity contribution in [3.8, 4) is 5.75 Å². The Morgan fingerprint density at radius 2 is 1.97 bits per heavy atom. The predicted molar refractivity (Wildman–Crippen MR) is 100 cm³/mol. The fraction of sp³-hybridized carbons (Fsp3) is 0.412. The maximum absolute atomic E-state index is 13.4. The summed E-state index contributed by atoms with van der Waals surface area (Å²) in [5, 5.41) is 8.91. The van der Waals surface area contributed by atoms with Crippen LogP contribution in [0.5, 0.6) is 5.75 Å². The smallest absolute Gasteiger partial charge is 0.474 e. The van der Waals surface area contributed by atoms with E-state index in [4.69, 9.17) is 32.7 Å². The van der Waals surface area contributed by atoms with Crippen molar-refractivity contribution in [3.05, 3.63) is 43.4 Å². The van der Waals surface area contributed by atoms with Crippen LogP contribution >= 0.6 is 23.2 Å². The first-order chi connectivity index (χ1) is 14.9. The first-order valence-corrected chi connectivity index (χ1v) is 9.36. The van der Waals surface area contributed by atoms with Gasteiger partial charge in [0.25, 0.3) is 5.09 Å². The van der Waals surface area contributed by atoms with Gasteiger partial charge in [0.05, 0.1) is 17.2 Å². The Balaban J connectivity index is 1.99. The van der Waals surface area contributed by atoms with Crippen LogP contribution in [-0.2, 0) is 23.8 Å². The summed E-state index contributed by atoms with van der Waals surface area (Å²) in [6, 6.07) is 2.41. The topological polar surface area (TPSA) is 123 Å². The molecule has 0 fully saturated rings. The summed E-state index contributed by atoms with van der Waals surface area (Å²) in [7, 11) is 0. The molecule has 0 N–H and O–H groups in total.